The zero-order valence-electron chi connectivity index (χ0n) is 21.2. The summed E-state index contributed by atoms with van der Waals surface area (Å²) in [5.74, 6) is -0.564. The van der Waals surface area contributed by atoms with Crippen LogP contribution < -0.4 is 19.5 Å². The van der Waals surface area contributed by atoms with Crippen LogP contribution in [0.1, 0.15) is 29.6 Å². The van der Waals surface area contributed by atoms with E-state index in [1.165, 1.54) is 35.5 Å². The number of methoxy groups -OCH3 is 5. The number of ether oxygens (including phenoxy) is 6. The first-order valence-electron chi connectivity index (χ1n) is 11.4. The van der Waals surface area contributed by atoms with E-state index in [4.69, 9.17) is 40.0 Å². The number of carbonyl (C=O) groups is 2. The van der Waals surface area contributed by atoms with Crippen LogP contribution >= 0.6 is 11.6 Å². The van der Waals surface area contributed by atoms with Crippen LogP contribution in [0.4, 0.5) is 0 Å². The monoisotopic (exact) mass is 529 g/mol. The van der Waals surface area contributed by atoms with Crippen LogP contribution in [0.15, 0.2) is 58.9 Å². The van der Waals surface area contributed by atoms with Gasteiger partial charge in [-0.25, -0.2) is 9.59 Å². The van der Waals surface area contributed by atoms with Crippen LogP contribution in [0.5, 0.6) is 17.2 Å². The average molecular weight is 530 g/mol. The maximum Gasteiger partial charge on any atom is 0.337 e. The zero-order chi connectivity index (χ0) is 26.7. The Labute approximate surface area is 219 Å². The van der Waals surface area contributed by atoms with E-state index in [-0.39, 0.29) is 12.2 Å². The van der Waals surface area contributed by atoms with Crippen molar-refractivity contribution in [3.05, 3.63) is 75.1 Å². The Balaban J connectivity index is 1.83. The van der Waals surface area contributed by atoms with Gasteiger partial charge >= 0.3 is 11.9 Å². The van der Waals surface area contributed by atoms with Crippen molar-refractivity contribution in [2.24, 2.45) is 0 Å². The normalized spacial score (nSPS) is 19.0. The number of dihydropyridines is 1. The Morgan fingerprint density at radius 3 is 2.19 bits per heavy atom. The number of nitrogens with one attached hydrogen (secondary N) is 1. The third-order valence-corrected chi connectivity index (χ3v) is 6.60. The molecule has 37 heavy (non-hydrogen) atoms. The third kappa shape index (κ3) is 4.97. The third-order valence-electron chi connectivity index (χ3n) is 6.34. The van der Waals surface area contributed by atoms with Gasteiger partial charge in [0.05, 0.1) is 57.8 Å². The molecule has 0 bridgehead atoms. The van der Waals surface area contributed by atoms with Crippen molar-refractivity contribution in [3.63, 3.8) is 0 Å². The van der Waals surface area contributed by atoms with Crippen LogP contribution in [-0.2, 0) is 23.8 Å². The molecule has 2 heterocycles. The number of hydrogen-bond acceptors (Lipinski definition) is 9. The van der Waals surface area contributed by atoms with Gasteiger partial charge in [0.2, 0.25) is 5.75 Å². The lowest BCUT2D eigenvalue weighted by Gasteiger charge is -2.37. The Morgan fingerprint density at radius 2 is 1.65 bits per heavy atom. The highest BCUT2D eigenvalue weighted by Gasteiger charge is 2.43. The summed E-state index contributed by atoms with van der Waals surface area (Å²) in [5, 5.41) is 3.79. The maximum atomic E-state index is 13.6. The molecular weight excluding hydrogens is 502 g/mol. The molecular formula is C27H28ClNO8. The zero-order valence-corrected chi connectivity index (χ0v) is 21.9. The minimum atomic E-state index is -0.737. The van der Waals surface area contributed by atoms with Crippen molar-refractivity contribution in [2.45, 2.75) is 18.4 Å². The van der Waals surface area contributed by atoms with Crippen molar-refractivity contribution in [3.8, 4) is 17.2 Å². The molecule has 0 spiro atoms. The number of rotatable bonds is 8. The van der Waals surface area contributed by atoms with Crippen molar-refractivity contribution in [1.29, 1.82) is 0 Å². The van der Waals surface area contributed by atoms with Crippen LogP contribution in [-0.4, -0.2) is 54.1 Å². The quantitative estimate of drug-likeness (QED) is 0.507. The molecule has 0 fully saturated rings. The Bertz CT molecular complexity index is 1240. The van der Waals surface area contributed by atoms with Gasteiger partial charge in [-0.2, -0.15) is 0 Å². The van der Waals surface area contributed by atoms with Gasteiger partial charge in [-0.05, 0) is 29.8 Å². The van der Waals surface area contributed by atoms with Gasteiger partial charge < -0.3 is 33.7 Å². The molecule has 10 heteroatoms. The van der Waals surface area contributed by atoms with Crippen LogP contribution in [0.2, 0.25) is 5.02 Å². The molecule has 0 amide bonds. The van der Waals surface area contributed by atoms with E-state index >= 15 is 0 Å². The summed E-state index contributed by atoms with van der Waals surface area (Å²) in [5.41, 5.74) is 3.08. The first-order valence-corrected chi connectivity index (χ1v) is 11.8. The summed E-state index contributed by atoms with van der Waals surface area (Å²) in [6.07, 6.45) is -0.340. The number of hydrogen-bond donors (Lipinski definition) is 1. The summed E-state index contributed by atoms with van der Waals surface area (Å²) in [6.45, 7) is 0.106. The second-order valence-corrected chi connectivity index (χ2v) is 8.81. The van der Waals surface area contributed by atoms with Crippen LogP contribution in [0.25, 0.3) is 0 Å². The van der Waals surface area contributed by atoms with Gasteiger partial charge in [-0.15, -0.1) is 0 Å². The largest absolute Gasteiger partial charge is 0.493 e. The maximum absolute atomic E-state index is 13.6. The first kappa shape index (κ1) is 26.4. The molecule has 9 nitrogen and oxygen atoms in total. The lowest BCUT2D eigenvalue weighted by atomic mass is 9.78. The second kappa shape index (κ2) is 11.1. The van der Waals surface area contributed by atoms with E-state index in [0.29, 0.717) is 56.8 Å². The molecule has 0 aromatic heterocycles. The van der Waals surface area contributed by atoms with E-state index in [9.17, 15) is 9.59 Å². The van der Waals surface area contributed by atoms with Gasteiger partial charge in [0.15, 0.2) is 11.5 Å². The highest BCUT2D eigenvalue weighted by atomic mass is 35.5. The smallest absolute Gasteiger partial charge is 0.337 e. The fourth-order valence-electron chi connectivity index (χ4n) is 4.70. The molecule has 2 unspecified atom stereocenters. The predicted molar refractivity (Wildman–Crippen MR) is 135 cm³/mol. The molecule has 0 saturated carbocycles. The number of halogens is 1. The number of esters is 2. The van der Waals surface area contributed by atoms with Gasteiger partial charge in [-0.1, -0.05) is 23.7 Å². The van der Waals surface area contributed by atoms with Crippen molar-refractivity contribution < 1.29 is 38.0 Å². The molecule has 2 aromatic rings. The minimum Gasteiger partial charge on any atom is -0.493 e. The second-order valence-electron chi connectivity index (χ2n) is 8.38. The fourth-order valence-corrected chi connectivity index (χ4v) is 4.83. The van der Waals surface area contributed by atoms with E-state index < -0.39 is 24.0 Å². The van der Waals surface area contributed by atoms with E-state index in [1.807, 2.05) is 0 Å². The molecule has 0 radical (unpaired) electrons. The molecule has 1 N–H and O–H groups in total. The fraction of sp³-hybridized carbons (Fsp3) is 0.333. The van der Waals surface area contributed by atoms with Gasteiger partial charge in [0.1, 0.15) is 6.10 Å². The van der Waals surface area contributed by atoms with E-state index in [0.717, 1.165) is 0 Å². The summed E-state index contributed by atoms with van der Waals surface area (Å²) in [6, 6.07) is 10.4. The highest BCUT2D eigenvalue weighted by Crippen LogP contribution is 2.47. The first-order chi connectivity index (χ1) is 17.9. The number of carbonyl (C=O) groups excluding carboxylic acids is 2. The Morgan fingerprint density at radius 1 is 1.00 bits per heavy atom. The molecule has 2 aliphatic heterocycles. The van der Waals surface area contributed by atoms with E-state index in [1.54, 1.807) is 36.4 Å². The SMILES string of the molecule is COCC1=C(C(=O)OC)C(c2ccc(Cl)cc2)C2=C(CC(c3cc(OC)c(OC)c(OC)c3)OC2=O)N1. The summed E-state index contributed by atoms with van der Waals surface area (Å²) in [7, 11) is 7.37. The molecule has 0 saturated heterocycles. The van der Waals surface area contributed by atoms with Crippen LogP contribution in [0.3, 0.4) is 0 Å². The van der Waals surface area contributed by atoms with Crippen molar-refractivity contribution >= 4 is 23.5 Å². The summed E-state index contributed by atoms with van der Waals surface area (Å²) >= 11 is 6.11. The summed E-state index contributed by atoms with van der Waals surface area (Å²) in [4.78, 5) is 26.5. The van der Waals surface area contributed by atoms with Crippen LogP contribution in [0, 0.1) is 0 Å². The van der Waals surface area contributed by atoms with E-state index in [2.05, 4.69) is 5.32 Å². The number of benzene rings is 2. The standard InChI is InChI=1S/C27H28ClNO8/c1-32-13-18-24(26(30)36-5)22(14-6-8-16(28)9-7-14)23-17(29-18)12-19(37-27(23)31)15-10-20(33-2)25(35-4)21(11-15)34-3/h6-11,19,22,29H,12-13H2,1-5H3. The molecule has 2 aliphatic rings. The molecule has 2 aromatic carbocycles. The van der Waals surface area contributed by atoms with Crippen molar-refractivity contribution in [1.82, 2.24) is 5.32 Å². The summed E-state index contributed by atoms with van der Waals surface area (Å²) < 4.78 is 32.7. The predicted octanol–water partition coefficient (Wildman–Crippen LogP) is 4.07. The minimum absolute atomic E-state index is 0.106. The Kier molecular flexibility index (Phi) is 7.94. The molecule has 2 atom stereocenters. The molecule has 196 valence electrons. The number of cyclic esters (lactones) is 1. The van der Waals surface area contributed by atoms with Gasteiger partial charge in [-0.3, -0.25) is 0 Å². The lowest BCUT2D eigenvalue weighted by Crippen LogP contribution is -2.38. The van der Waals surface area contributed by atoms with Gasteiger partial charge in [0, 0.05) is 29.8 Å². The lowest BCUT2D eigenvalue weighted by molar-refractivity contribution is -0.146. The van der Waals surface area contributed by atoms with Crippen molar-refractivity contribution in [2.75, 3.05) is 42.2 Å². The molecule has 4 rings (SSSR count). The topological polar surface area (TPSA) is 102 Å². The average Bonchev–Trinajstić information content (AvgIpc) is 2.91. The Hall–Kier alpha value is -3.69. The molecule has 0 aliphatic carbocycles. The van der Waals surface area contributed by atoms with Gasteiger partial charge in [0.25, 0.3) is 0 Å². The highest BCUT2D eigenvalue weighted by molar-refractivity contribution is 6.30.